The Morgan fingerprint density at radius 1 is 1.41 bits per heavy atom. The molecule has 4 nitrogen and oxygen atoms in total. The Balaban J connectivity index is 2.19. The lowest BCUT2D eigenvalue weighted by Crippen LogP contribution is -2.03. The molecular weight excluding hydrogens is 212 g/mol. The molecule has 2 rings (SSSR count). The van der Waals surface area contributed by atoms with Crippen LogP contribution in [0.1, 0.15) is 31.9 Å². The Labute approximate surface area is 101 Å². The molecule has 0 amide bonds. The quantitative estimate of drug-likeness (QED) is 0.800. The summed E-state index contributed by atoms with van der Waals surface area (Å²) in [5.74, 6) is 0.690. The number of fused-ring (bicyclic) bond motifs is 1. The van der Waals surface area contributed by atoms with Crippen molar-refractivity contribution >= 4 is 11.5 Å². The maximum absolute atomic E-state index is 9.16. The third kappa shape index (κ3) is 2.39. The molecule has 0 spiro atoms. The highest BCUT2D eigenvalue weighted by Crippen LogP contribution is 2.16. The van der Waals surface area contributed by atoms with Gasteiger partial charge in [-0.3, -0.25) is 4.40 Å². The van der Waals surface area contributed by atoms with E-state index < -0.39 is 0 Å². The minimum absolute atomic E-state index is 0.581. The minimum atomic E-state index is 0.581. The van der Waals surface area contributed by atoms with Gasteiger partial charge < -0.3 is 5.32 Å². The molecule has 0 saturated carbocycles. The molecule has 2 aromatic rings. The number of aromatic nitrogens is 2. The number of nitrogens with zero attached hydrogens (tertiary/aromatic N) is 3. The molecule has 17 heavy (non-hydrogen) atoms. The molecule has 0 radical (unpaired) electrons. The zero-order chi connectivity index (χ0) is 12.1. The normalized spacial score (nSPS) is 10.4. The number of nitriles is 1. The van der Waals surface area contributed by atoms with Gasteiger partial charge in [0.05, 0.1) is 0 Å². The second-order valence-electron chi connectivity index (χ2n) is 3.98. The number of hydrogen-bond acceptors (Lipinski definition) is 3. The van der Waals surface area contributed by atoms with E-state index in [-0.39, 0.29) is 0 Å². The Kier molecular flexibility index (Phi) is 3.61. The van der Waals surface area contributed by atoms with E-state index in [2.05, 4.69) is 23.3 Å². The van der Waals surface area contributed by atoms with Crippen molar-refractivity contribution in [2.75, 3.05) is 11.9 Å². The maximum atomic E-state index is 9.16. The molecule has 2 aromatic heterocycles. The lowest BCUT2D eigenvalue weighted by atomic mass is 10.2. The van der Waals surface area contributed by atoms with Crippen molar-refractivity contribution in [1.82, 2.24) is 9.38 Å². The lowest BCUT2D eigenvalue weighted by molar-refractivity contribution is 0.742. The Morgan fingerprint density at radius 3 is 3.06 bits per heavy atom. The minimum Gasteiger partial charge on any atom is -0.368 e. The van der Waals surface area contributed by atoms with Crippen molar-refractivity contribution in [3.63, 3.8) is 0 Å². The summed E-state index contributed by atoms with van der Waals surface area (Å²) in [6, 6.07) is 7.92. The van der Waals surface area contributed by atoms with Crippen molar-refractivity contribution in [2.45, 2.75) is 26.2 Å². The van der Waals surface area contributed by atoms with Crippen LogP contribution in [0.5, 0.6) is 0 Å². The average Bonchev–Trinajstić information content (AvgIpc) is 2.72. The Morgan fingerprint density at radius 2 is 2.29 bits per heavy atom. The van der Waals surface area contributed by atoms with Gasteiger partial charge in [-0.05, 0) is 18.6 Å². The van der Waals surface area contributed by atoms with E-state index in [1.165, 1.54) is 12.8 Å². The molecule has 0 aliphatic rings. The zero-order valence-electron chi connectivity index (χ0n) is 9.98. The van der Waals surface area contributed by atoms with Crippen molar-refractivity contribution in [3.05, 3.63) is 30.1 Å². The lowest BCUT2D eigenvalue weighted by Gasteiger charge is -2.01. The average molecular weight is 228 g/mol. The third-order valence-corrected chi connectivity index (χ3v) is 2.71. The molecule has 0 saturated heterocycles. The van der Waals surface area contributed by atoms with E-state index in [0.29, 0.717) is 11.5 Å². The fourth-order valence-electron chi connectivity index (χ4n) is 1.81. The van der Waals surface area contributed by atoms with Gasteiger partial charge in [0.1, 0.15) is 11.7 Å². The van der Waals surface area contributed by atoms with Crippen LogP contribution >= 0.6 is 0 Å². The van der Waals surface area contributed by atoms with E-state index in [1.54, 1.807) is 0 Å². The van der Waals surface area contributed by atoms with Gasteiger partial charge in [0, 0.05) is 12.7 Å². The summed E-state index contributed by atoms with van der Waals surface area (Å²) < 4.78 is 1.81. The van der Waals surface area contributed by atoms with Crippen LogP contribution in [0.4, 0.5) is 5.82 Å². The molecule has 0 bridgehead atoms. The summed E-state index contributed by atoms with van der Waals surface area (Å²) in [6.07, 6.45) is 5.35. The van der Waals surface area contributed by atoms with Crippen LogP contribution in [0.3, 0.4) is 0 Å². The Hall–Kier alpha value is -2.02. The topological polar surface area (TPSA) is 53.1 Å². The summed E-state index contributed by atoms with van der Waals surface area (Å²) in [5.41, 5.74) is 1.39. The fourth-order valence-corrected chi connectivity index (χ4v) is 1.81. The predicted molar refractivity (Wildman–Crippen MR) is 67.9 cm³/mol. The van der Waals surface area contributed by atoms with Gasteiger partial charge in [0.15, 0.2) is 11.5 Å². The van der Waals surface area contributed by atoms with Crippen molar-refractivity contribution < 1.29 is 0 Å². The summed E-state index contributed by atoms with van der Waals surface area (Å²) in [5, 5.41) is 12.4. The van der Waals surface area contributed by atoms with Crippen LogP contribution in [-0.4, -0.2) is 15.9 Å². The smallest absolute Gasteiger partial charge is 0.168 e. The van der Waals surface area contributed by atoms with Crippen molar-refractivity contribution in [1.29, 1.82) is 5.26 Å². The summed E-state index contributed by atoms with van der Waals surface area (Å²) in [6.45, 7) is 3.04. The number of pyridine rings is 1. The molecule has 2 heterocycles. The molecule has 88 valence electrons. The largest absolute Gasteiger partial charge is 0.368 e. The molecule has 0 aliphatic heterocycles. The number of hydrogen-bond donors (Lipinski definition) is 1. The standard InChI is InChI=1S/C13H16N4/c1-2-3-5-8-15-13-11(10-14)17-9-6-4-7-12(17)16-13/h4,6-7,9,15H,2-3,5,8H2,1H3. The van der Waals surface area contributed by atoms with Gasteiger partial charge in [-0.1, -0.05) is 25.8 Å². The van der Waals surface area contributed by atoms with E-state index in [4.69, 9.17) is 5.26 Å². The first-order chi connectivity index (χ1) is 8.36. The SMILES string of the molecule is CCCCCNc1nc2ccccn2c1C#N. The van der Waals surface area contributed by atoms with E-state index in [9.17, 15) is 0 Å². The first-order valence-corrected chi connectivity index (χ1v) is 5.98. The van der Waals surface area contributed by atoms with E-state index >= 15 is 0 Å². The maximum Gasteiger partial charge on any atom is 0.168 e. The molecule has 1 N–H and O–H groups in total. The first-order valence-electron chi connectivity index (χ1n) is 5.98. The molecule has 0 atom stereocenters. The van der Waals surface area contributed by atoms with Gasteiger partial charge in [-0.25, -0.2) is 4.98 Å². The number of rotatable bonds is 5. The zero-order valence-corrected chi connectivity index (χ0v) is 9.98. The van der Waals surface area contributed by atoms with Crippen LogP contribution in [0.15, 0.2) is 24.4 Å². The molecule has 0 unspecified atom stereocenters. The summed E-state index contributed by atoms with van der Waals surface area (Å²) in [4.78, 5) is 4.41. The highest BCUT2D eigenvalue weighted by molar-refractivity contribution is 5.58. The fraction of sp³-hybridized carbons (Fsp3) is 0.385. The summed E-state index contributed by atoms with van der Waals surface area (Å²) >= 11 is 0. The van der Waals surface area contributed by atoms with Crippen LogP contribution in [0.25, 0.3) is 5.65 Å². The highest BCUT2D eigenvalue weighted by Gasteiger charge is 2.09. The van der Waals surface area contributed by atoms with Gasteiger partial charge in [0.25, 0.3) is 0 Å². The predicted octanol–water partition coefficient (Wildman–Crippen LogP) is 2.81. The monoisotopic (exact) mass is 228 g/mol. The number of imidazole rings is 1. The first kappa shape index (κ1) is 11.5. The second-order valence-corrected chi connectivity index (χ2v) is 3.98. The van der Waals surface area contributed by atoms with Gasteiger partial charge in [0.2, 0.25) is 0 Å². The molecule has 0 aliphatic carbocycles. The number of nitrogens with one attached hydrogen (secondary N) is 1. The molecule has 0 fully saturated rings. The van der Waals surface area contributed by atoms with Crippen molar-refractivity contribution in [3.8, 4) is 6.07 Å². The van der Waals surface area contributed by atoms with Crippen LogP contribution in [0, 0.1) is 11.3 Å². The summed E-state index contributed by atoms with van der Waals surface area (Å²) in [7, 11) is 0. The van der Waals surface area contributed by atoms with Gasteiger partial charge >= 0.3 is 0 Å². The van der Waals surface area contributed by atoms with Gasteiger partial charge in [-0.15, -0.1) is 0 Å². The third-order valence-electron chi connectivity index (χ3n) is 2.71. The second kappa shape index (κ2) is 5.35. The highest BCUT2D eigenvalue weighted by atomic mass is 15.1. The number of unbranched alkanes of at least 4 members (excludes halogenated alkanes) is 2. The van der Waals surface area contributed by atoms with Crippen molar-refractivity contribution in [2.24, 2.45) is 0 Å². The number of anilines is 1. The van der Waals surface area contributed by atoms with Crippen LogP contribution in [-0.2, 0) is 0 Å². The molecule has 4 heteroatoms. The van der Waals surface area contributed by atoms with Crippen LogP contribution in [0.2, 0.25) is 0 Å². The van der Waals surface area contributed by atoms with Gasteiger partial charge in [-0.2, -0.15) is 5.26 Å². The van der Waals surface area contributed by atoms with E-state index in [1.807, 2.05) is 28.8 Å². The molecular formula is C13H16N4. The Bertz CT molecular complexity index is 536. The van der Waals surface area contributed by atoms with E-state index in [0.717, 1.165) is 18.6 Å². The molecule has 0 aromatic carbocycles. The van der Waals surface area contributed by atoms with Crippen LogP contribution < -0.4 is 5.32 Å².